The summed E-state index contributed by atoms with van der Waals surface area (Å²) in [5.74, 6) is -0.385. The number of amides is 1. The highest BCUT2D eigenvalue weighted by molar-refractivity contribution is 6.01. The van der Waals surface area contributed by atoms with Gasteiger partial charge >= 0.3 is 0 Å². The van der Waals surface area contributed by atoms with Crippen molar-refractivity contribution in [3.8, 4) is 11.4 Å². The molecule has 32 heavy (non-hydrogen) atoms. The van der Waals surface area contributed by atoms with E-state index in [9.17, 15) is 18.0 Å². The summed E-state index contributed by atoms with van der Waals surface area (Å²) in [6.45, 7) is 0. The van der Waals surface area contributed by atoms with Crippen LogP contribution in [0.15, 0.2) is 55.0 Å². The van der Waals surface area contributed by atoms with Crippen LogP contribution in [0.1, 0.15) is 47.3 Å². The molecule has 2 saturated heterocycles. The molecule has 0 N–H and O–H groups in total. The van der Waals surface area contributed by atoms with Gasteiger partial charge < -0.3 is 4.90 Å². The third-order valence-electron chi connectivity index (χ3n) is 6.50. The molecule has 4 heterocycles. The molecule has 0 radical (unpaired) electrons. The second-order valence-electron chi connectivity index (χ2n) is 8.33. The van der Waals surface area contributed by atoms with Gasteiger partial charge in [0.1, 0.15) is 5.82 Å². The minimum Gasteiger partial charge on any atom is -0.332 e. The lowest BCUT2D eigenvalue weighted by Crippen LogP contribution is -2.37. The molecule has 3 unspecified atom stereocenters. The summed E-state index contributed by atoms with van der Waals surface area (Å²) in [6, 6.07) is 9.21. The summed E-state index contributed by atoms with van der Waals surface area (Å²) in [5, 5.41) is 0. The van der Waals surface area contributed by atoms with Gasteiger partial charge in [0.15, 0.2) is 5.82 Å². The molecule has 3 aromatic rings. The van der Waals surface area contributed by atoms with E-state index in [4.69, 9.17) is 0 Å². The minimum atomic E-state index is -2.54. The predicted molar refractivity (Wildman–Crippen MR) is 111 cm³/mol. The zero-order chi connectivity index (χ0) is 22.2. The van der Waals surface area contributed by atoms with Crippen LogP contribution in [-0.4, -0.2) is 37.8 Å². The number of alkyl halides is 2. The highest BCUT2D eigenvalue weighted by Gasteiger charge is 2.49. The van der Waals surface area contributed by atoms with E-state index in [1.54, 1.807) is 18.2 Å². The monoisotopic (exact) mass is 438 g/mol. The van der Waals surface area contributed by atoms with Crippen LogP contribution in [0.5, 0.6) is 0 Å². The summed E-state index contributed by atoms with van der Waals surface area (Å²) >= 11 is 0. The van der Waals surface area contributed by atoms with E-state index in [1.165, 1.54) is 36.8 Å². The fourth-order valence-electron chi connectivity index (χ4n) is 5.10. The number of nitrogens with zero attached hydrogens (tertiary/aromatic N) is 4. The Hall–Kier alpha value is -3.29. The van der Waals surface area contributed by atoms with Gasteiger partial charge in [-0.25, -0.2) is 23.1 Å². The van der Waals surface area contributed by atoms with Gasteiger partial charge in [-0.3, -0.25) is 9.78 Å². The van der Waals surface area contributed by atoms with Crippen molar-refractivity contribution >= 4 is 5.91 Å². The molecular formula is C24H21F3N4O. The zero-order valence-electron chi connectivity index (χ0n) is 17.2. The van der Waals surface area contributed by atoms with Gasteiger partial charge in [0.25, 0.3) is 12.3 Å². The first kappa shape index (κ1) is 20.6. The molecule has 2 bridgehead atoms. The van der Waals surface area contributed by atoms with Crippen LogP contribution >= 0.6 is 0 Å². The van der Waals surface area contributed by atoms with E-state index in [1.807, 2.05) is 4.90 Å². The van der Waals surface area contributed by atoms with Crippen molar-refractivity contribution in [2.45, 2.75) is 44.2 Å². The molecule has 3 atom stereocenters. The molecular weight excluding hydrogens is 417 g/mol. The fraction of sp³-hybridized carbons (Fsp3) is 0.333. The van der Waals surface area contributed by atoms with Gasteiger partial charge in [0, 0.05) is 41.9 Å². The van der Waals surface area contributed by atoms with Gasteiger partial charge in [-0.1, -0.05) is 6.07 Å². The Morgan fingerprint density at radius 2 is 1.88 bits per heavy atom. The quantitative estimate of drug-likeness (QED) is 0.571. The number of carbonyl (C=O) groups excluding carboxylic acids is 1. The minimum absolute atomic E-state index is 0.0110. The van der Waals surface area contributed by atoms with Crippen LogP contribution in [-0.2, 0) is 6.42 Å². The van der Waals surface area contributed by atoms with E-state index in [0.29, 0.717) is 6.42 Å². The highest BCUT2D eigenvalue weighted by atomic mass is 19.3. The number of hydrogen-bond donors (Lipinski definition) is 0. The molecule has 0 saturated carbocycles. The Morgan fingerprint density at radius 3 is 2.59 bits per heavy atom. The average Bonchev–Trinajstić information content (AvgIpc) is 3.37. The molecule has 1 aromatic carbocycles. The zero-order valence-corrected chi connectivity index (χ0v) is 17.2. The maximum absolute atomic E-state index is 14.7. The maximum atomic E-state index is 14.7. The Balaban J connectivity index is 1.40. The van der Waals surface area contributed by atoms with Gasteiger partial charge in [0.05, 0.1) is 11.1 Å². The van der Waals surface area contributed by atoms with Crippen LogP contribution in [0.4, 0.5) is 13.2 Å². The Labute approximate surface area is 183 Å². The van der Waals surface area contributed by atoms with Crippen LogP contribution in [0.2, 0.25) is 0 Å². The smallest absolute Gasteiger partial charge is 0.265 e. The lowest BCUT2D eigenvalue weighted by molar-refractivity contribution is 0.0719. The number of halogens is 3. The molecule has 2 aliphatic rings. The highest BCUT2D eigenvalue weighted by Crippen LogP contribution is 2.44. The van der Waals surface area contributed by atoms with E-state index < -0.39 is 12.2 Å². The van der Waals surface area contributed by atoms with Crippen molar-refractivity contribution in [1.29, 1.82) is 0 Å². The lowest BCUT2D eigenvalue weighted by Gasteiger charge is -2.25. The number of carbonyl (C=O) groups is 1. The van der Waals surface area contributed by atoms with Crippen molar-refractivity contribution in [2.24, 2.45) is 5.92 Å². The van der Waals surface area contributed by atoms with Crippen LogP contribution in [0.3, 0.4) is 0 Å². The molecule has 5 nitrogen and oxygen atoms in total. The van der Waals surface area contributed by atoms with Gasteiger partial charge in [-0.15, -0.1) is 0 Å². The normalized spacial score (nSPS) is 22.0. The van der Waals surface area contributed by atoms with E-state index in [0.717, 1.165) is 25.0 Å². The first-order chi connectivity index (χ1) is 15.5. The second kappa shape index (κ2) is 8.33. The summed E-state index contributed by atoms with van der Waals surface area (Å²) in [4.78, 5) is 27.9. The number of hydrogen-bond acceptors (Lipinski definition) is 4. The Morgan fingerprint density at radius 1 is 1.06 bits per heavy atom. The number of aromatic nitrogens is 3. The topological polar surface area (TPSA) is 59.0 Å². The summed E-state index contributed by atoms with van der Waals surface area (Å²) in [7, 11) is 0. The largest absolute Gasteiger partial charge is 0.332 e. The molecule has 2 aliphatic heterocycles. The third-order valence-corrected chi connectivity index (χ3v) is 6.50. The standard InChI is InChI=1S/C24H21F3N4O/c25-19-4-1-3-18(21(19)23-28-9-2-10-29-23)24(32)31-17-7-8-20(31)15(12-17)11-16-6-5-14(13-30-16)22(26)27/h1-6,9-10,13,15,17,20,22H,7-8,11-12H2. The van der Waals surface area contributed by atoms with Crippen molar-refractivity contribution in [3.63, 3.8) is 0 Å². The van der Waals surface area contributed by atoms with Gasteiger partial charge in [-0.05, 0) is 61.9 Å². The number of fused-ring (bicyclic) bond motifs is 2. The average molecular weight is 438 g/mol. The van der Waals surface area contributed by atoms with Crippen LogP contribution in [0.25, 0.3) is 11.4 Å². The molecule has 164 valence electrons. The third kappa shape index (κ3) is 3.63. The van der Waals surface area contributed by atoms with Crippen molar-refractivity contribution in [1.82, 2.24) is 19.9 Å². The molecule has 1 amide bonds. The Kier molecular flexibility index (Phi) is 5.36. The van der Waals surface area contributed by atoms with Crippen molar-refractivity contribution in [2.75, 3.05) is 0 Å². The first-order valence-electron chi connectivity index (χ1n) is 10.6. The van der Waals surface area contributed by atoms with E-state index in [-0.39, 0.29) is 46.4 Å². The van der Waals surface area contributed by atoms with Gasteiger partial charge in [-0.2, -0.15) is 0 Å². The first-order valence-corrected chi connectivity index (χ1v) is 10.6. The number of benzene rings is 1. The number of rotatable bonds is 5. The molecule has 8 heteroatoms. The van der Waals surface area contributed by atoms with E-state index >= 15 is 0 Å². The molecule has 0 aliphatic carbocycles. The summed E-state index contributed by atoms with van der Waals surface area (Å²) < 4.78 is 40.3. The maximum Gasteiger partial charge on any atom is 0.265 e. The summed E-state index contributed by atoms with van der Waals surface area (Å²) in [5.41, 5.74) is 1.02. The Bertz CT molecular complexity index is 1120. The second-order valence-corrected chi connectivity index (χ2v) is 8.33. The molecule has 0 spiro atoms. The molecule has 5 rings (SSSR count). The van der Waals surface area contributed by atoms with Crippen molar-refractivity contribution < 1.29 is 18.0 Å². The van der Waals surface area contributed by atoms with Crippen molar-refractivity contribution in [3.05, 3.63) is 77.6 Å². The summed E-state index contributed by atoms with van der Waals surface area (Å²) in [6.07, 6.45) is 4.92. The SMILES string of the molecule is O=C(c1cccc(F)c1-c1ncccn1)N1C2CCC1C(Cc1ccc(C(F)F)cn1)C2. The molecule has 2 fully saturated rings. The molecule has 2 aromatic heterocycles. The lowest BCUT2D eigenvalue weighted by atomic mass is 9.86. The van der Waals surface area contributed by atoms with Crippen LogP contribution < -0.4 is 0 Å². The number of pyridine rings is 1. The fourth-order valence-corrected chi connectivity index (χ4v) is 5.10. The van der Waals surface area contributed by atoms with Gasteiger partial charge in [0.2, 0.25) is 0 Å². The van der Waals surface area contributed by atoms with E-state index in [2.05, 4.69) is 15.0 Å². The predicted octanol–water partition coefficient (Wildman–Crippen LogP) is 4.85. The van der Waals surface area contributed by atoms with Crippen LogP contribution in [0, 0.1) is 11.7 Å².